The summed E-state index contributed by atoms with van der Waals surface area (Å²) in [7, 11) is -4.35. The van der Waals surface area contributed by atoms with Gasteiger partial charge in [0.25, 0.3) is 10.1 Å². The van der Waals surface area contributed by atoms with Crippen molar-refractivity contribution in [2.24, 2.45) is 5.73 Å². The van der Waals surface area contributed by atoms with E-state index >= 15 is 0 Å². The van der Waals surface area contributed by atoms with E-state index in [-0.39, 0.29) is 22.7 Å². The van der Waals surface area contributed by atoms with Crippen LogP contribution in [-0.4, -0.2) is 37.3 Å². The van der Waals surface area contributed by atoms with Crippen molar-refractivity contribution in [3.05, 3.63) is 36.4 Å². The lowest BCUT2D eigenvalue weighted by molar-refractivity contribution is -0.116. The summed E-state index contributed by atoms with van der Waals surface area (Å²) in [5.41, 5.74) is 6.11. The smallest absolute Gasteiger partial charge is 0.295 e. The average molecular weight is 387 g/mol. The van der Waals surface area contributed by atoms with Crippen LogP contribution < -0.4 is 10.6 Å². The molecule has 2 rings (SSSR count). The van der Waals surface area contributed by atoms with Crippen molar-refractivity contribution in [2.45, 2.75) is 4.90 Å². The molecule has 2 aromatic carbocycles. The third kappa shape index (κ3) is 3.30. The zero-order valence-electron chi connectivity index (χ0n) is 11.6. The number of benzene rings is 2. The highest BCUT2D eigenvalue weighted by Crippen LogP contribution is 2.31. The van der Waals surface area contributed by atoms with Crippen LogP contribution in [0.2, 0.25) is 0 Å². The Morgan fingerprint density at radius 2 is 1.82 bits per heavy atom. The third-order valence-corrected chi connectivity index (χ3v) is 4.59. The van der Waals surface area contributed by atoms with Gasteiger partial charge in [-0.15, -0.1) is 0 Å². The molecule has 3 N–H and O–H groups in total. The molecule has 0 unspecified atom stereocenters. The zero-order valence-corrected chi connectivity index (χ0v) is 14.0. The van der Waals surface area contributed by atoms with Crippen molar-refractivity contribution in [2.75, 3.05) is 23.3 Å². The van der Waals surface area contributed by atoms with Crippen LogP contribution in [0.4, 0.5) is 5.69 Å². The lowest BCUT2D eigenvalue weighted by Crippen LogP contribution is -2.36. The fraction of sp³-hybridized carbons (Fsp3) is 0.214. The monoisotopic (exact) mass is 386 g/mol. The Morgan fingerprint density at radius 1 is 1.18 bits per heavy atom. The van der Waals surface area contributed by atoms with Crippen molar-refractivity contribution >= 4 is 48.4 Å². The van der Waals surface area contributed by atoms with Crippen molar-refractivity contribution in [1.29, 1.82) is 0 Å². The number of hydrogen-bond donors (Lipinski definition) is 2. The molecule has 0 aliphatic rings. The minimum absolute atomic E-state index is 0.126. The molecular formula is C14H15BrN2O4S. The number of nitrogens with zero attached hydrogens (tertiary/aromatic N) is 1. The molecule has 0 aliphatic carbocycles. The first-order valence-corrected chi connectivity index (χ1v) is 9.02. The summed E-state index contributed by atoms with van der Waals surface area (Å²) in [4.78, 5) is 13.4. The summed E-state index contributed by atoms with van der Waals surface area (Å²) >= 11 is 3.13. The van der Waals surface area contributed by atoms with Crippen molar-refractivity contribution in [3.8, 4) is 0 Å². The first-order valence-electron chi connectivity index (χ1n) is 6.45. The van der Waals surface area contributed by atoms with Gasteiger partial charge in [0.2, 0.25) is 5.91 Å². The minimum Gasteiger partial charge on any atom is -0.329 e. The summed E-state index contributed by atoms with van der Waals surface area (Å²) in [6.45, 7) is 0.576. The van der Waals surface area contributed by atoms with Crippen LogP contribution in [-0.2, 0) is 14.9 Å². The van der Waals surface area contributed by atoms with Crippen molar-refractivity contribution in [1.82, 2.24) is 0 Å². The fourth-order valence-electron chi connectivity index (χ4n) is 2.31. The Morgan fingerprint density at radius 3 is 2.41 bits per heavy atom. The number of carbonyl (C=O) groups is 1. The Hall–Kier alpha value is -1.48. The number of rotatable bonds is 5. The van der Waals surface area contributed by atoms with E-state index in [1.54, 1.807) is 24.3 Å². The summed E-state index contributed by atoms with van der Waals surface area (Å²) in [5, 5.41) is 1.04. The topological polar surface area (TPSA) is 101 Å². The number of fused-ring (bicyclic) bond motifs is 1. The van der Waals surface area contributed by atoms with Crippen molar-refractivity contribution < 1.29 is 17.8 Å². The van der Waals surface area contributed by atoms with Gasteiger partial charge in [-0.25, -0.2) is 0 Å². The summed E-state index contributed by atoms with van der Waals surface area (Å²) < 4.78 is 32.3. The highest BCUT2D eigenvalue weighted by atomic mass is 79.9. The molecule has 0 saturated carbocycles. The second kappa shape index (κ2) is 6.74. The molecule has 118 valence electrons. The zero-order chi connectivity index (χ0) is 16.3. The molecule has 0 radical (unpaired) electrons. The molecule has 0 aromatic heterocycles. The van der Waals surface area contributed by atoms with Crippen LogP contribution in [0, 0.1) is 0 Å². The molecule has 22 heavy (non-hydrogen) atoms. The van der Waals surface area contributed by atoms with E-state index in [0.717, 1.165) is 0 Å². The highest BCUT2D eigenvalue weighted by molar-refractivity contribution is 9.09. The molecule has 0 fully saturated rings. The Bertz CT molecular complexity index is 808. The van der Waals surface area contributed by atoms with Crippen LogP contribution in [0.5, 0.6) is 0 Å². The number of hydrogen-bond acceptors (Lipinski definition) is 4. The molecule has 0 aliphatic heterocycles. The van der Waals surface area contributed by atoms with Gasteiger partial charge in [0.1, 0.15) is 4.90 Å². The van der Waals surface area contributed by atoms with Crippen LogP contribution in [0.15, 0.2) is 41.3 Å². The minimum atomic E-state index is -4.35. The van der Waals surface area contributed by atoms with Gasteiger partial charge in [-0.05, 0) is 12.1 Å². The highest BCUT2D eigenvalue weighted by Gasteiger charge is 2.19. The van der Waals surface area contributed by atoms with Gasteiger partial charge in [0, 0.05) is 23.9 Å². The van der Waals surface area contributed by atoms with Crippen LogP contribution in [0.3, 0.4) is 0 Å². The van der Waals surface area contributed by atoms with Gasteiger partial charge in [0.05, 0.1) is 11.0 Å². The Labute approximate surface area is 136 Å². The van der Waals surface area contributed by atoms with E-state index in [9.17, 15) is 17.8 Å². The lowest BCUT2D eigenvalue weighted by Gasteiger charge is -2.23. The lowest BCUT2D eigenvalue weighted by atomic mass is 10.1. The van der Waals surface area contributed by atoms with E-state index in [2.05, 4.69) is 15.9 Å². The largest absolute Gasteiger partial charge is 0.329 e. The quantitative estimate of drug-likeness (QED) is 0.602. The predicted octanol–water partition coefficient (Wildman–Crippen LogP) is 1.77. The van der Waals surface area contributed by atoms with Crippen LogP contribution in [0.25, 0.3) is 10.8 Å². The molecular weight excluding hydrogens is 372 g/mol. The van der Waals surface area contributed by atoms with E-state index in [0.29, 0.717) is 23.0 Å². The maximum atomic E-state index is 12.1. The SMILES string of the molecule is NCCN(C(=O)CBr)c1cccc2c(S(=O)(=O)O)cccc12. The van der Waals surface area contributed by atoms with Gasteiger partial charge >= 0.3 is 0 Å². The van der Waals surface area contributed by atoms with Gasteiger partial charge < -0.3 is 10.6 Å². The molecule has 2 aromatic rings. The molecule has 0 saturated heterocycles. The van der Waals surface area contributed by atoms with Gasteiger partial charge in [-0.3, -0.25) is 9.35 Å². The number of alkyl halides is 1. The van der Waals surface area contributed by atoms with Gasteiger partial charge in [-0.1, -0.05) is 40.2 Å². The molecule has 1 amide bonds. The first kappa shape index (κ1) is 16.9. The predicted molar refractivity (Wildman–Crippen MR) is 89.0 cm³/mol. The maximum absolute atomic E-state index is 12.1. The summed E-state index contributed by atoms with van der Waals surface area (Å²) in [6.07, 6.45) is 0. The summed E-state index contributed by atoms with van der Waals surface area (Å²) in [6, 6.07) is 9.48. The Kier molecular flexibility index (Phi) is 5.17. The number of anilines is 1. The fourth-order valence-corrected chi connectivity index (χ4v) is 3.31. The Balaban J connectivity index is 2.73. The molecule has 0 atom stereocenters. The molecule has 0 bridgehead atoms. The second-order valence-corrected chi connectivity index (χ2v) is 6.52. The standard InChI is InChI=1S/C14H15BrN2O4S/c15-9-14(18)17(8-7-16)12-5-1-4-11-10(12)3-2-6-13(11)22(19,20)21/h1-6H,7-9,16H2,(H,19,20,21). The van der Waals surface area contributed by atoms with Gasteiger partial charge in [-0.2, -0.15) is 8.42 Å². The van der Waals surface area contributed by atoms with E-state index in [4.69, 9.17) is 5.73 Å². The van der Waals surface area contributed by atoms with E-state index in [1.165, 1.54) is 17.0 Å². The third-order valence-electron chi connectivity index (χ3n) is 3.20. The van der Waals surface area contributed by atoms with E-state index < -0.39 is 10.1 Å². The van der Waals surface area contributed by atoms with Crippen molar-refractivity contribution in [3.63, 3.8) is 0 Å². The average Bonchev–Trinajstić information content (AvgIpc) is 2.50. The number of halogens is 1. The maximum Gasteiger partial charge on any atom is 0.295 e. The number of carbonyl (C=O) groups excluding carboxylic acids is 1. The van der Waals surface area contributed by atoms with Crippen LogP contribution in [0.1, 0.15) is 0 Å². The molecule has 0 spiro atoms. The second-order valence-electron chi connectivity index (χ2n) is 4.57. The van der Waals surface area contributed by atoms with Gasteiger partial charge in [0.15, 0.2) is 0 Å². The van der Waals surface area contributed by atoms with E-state index in [1.807, 2.05) is 0 Å². The number of amides is 1. The molecule has 8 heteroatoms. The first-order chi connectivity index (χ1) is 10.4. The number of nitrogens with two attached hydrogens (primary N) is 1. The van der Waals surface area contributed by atoms with Crippen LogP contribution >= 0.6 is 15.9 Å². The normalized spacial score (nSPS) is 11.6. The molecule has 0 heterocycles. The molecule has 6 nitrogen and oxygen atoms in total. The summed E-state index contributed by atoms with van der Waals surface area (Å²) in [5.74, 6) is -0.185.